The Labute approximate surface area is 122 Å². The van der Waals surface area contributed by atoms with Crippen molar-refractivity contribution in [2.24, 2.45) is 7.05 Å². The minimum absolute atomic E-state index is 0.278. The van der Waals surface area contributed by atoms with Crippen molar-refractivity contribution in [2.45, 2.75) is 31.8 Å². The van der Waals surface area contributed by atoms with Crippen molar-refractivity contribution in [1.29, 1.82) is 0 Å². The van der Waals surface area contributed by atoms with E-state index in [9.17, 15) is 0 Å². The maximum Gasteiger partial charge on any atom is 0.240 e. The molecule has 0 radical (unpaired) electrons. The zero-order chi connectivity index (χ0) is 14.2. The number of hydrogen-bond acceptors (Lipinski definition) is 4. The molecule has 0 N–H and O–H groups in total. The third kappa shape index (κ3) is 2.26. The summed E-state index contributed by atoms with van der Waals surface area (Å²) in [5.41, 5.74) is 2.70. The Morgan fingerprint density at radius 2 is 2.05 bits per heavy atom. The Bertz CT molecular complexity index is 769. The van der Waals surface area contributed by atoms with Gasteiger partial charge in [-0.1, -0.05) is 0 Å². The molecule has 3 heterocycles. The Hall–Kier alpha value is -2.37. The van der Waals surface area contributed by atoms with E-state index in [2.05, 4.69) is 15.2 Å². The molecule has 1 aliphatic rings. The Morgan fingerprint density at radius 1 is 1.19 bits per heavy atom. The highest BCUT2D eigenvalue weighted by atomic mass is 16.5. The molecule has 6 nitrogen and oxygen atoms in total. The largest absolute Gasteiger partial charge is 0.473 e. The summed E-state index contributed by atoms with van der Waals surface area (Å²) in [4.78, 5) is 4.68. The van der Waals surface area contributed by atoms with Crippen molar-refractivity contribution in [3.8, 4) is 17.1 Å². The second-order valence-corrected chi connectivity index (χ2v) is 5.52. The van der Waals surface area contributed by atoms with Crippen LogP contribution in [0.3, 0.4) is 0 Å². The van der Waals surface area contributed by atoms with Crippen LogP contribution in [0.1, 0.15) is 25.7 Å². The van der Waals surface area contributed by atoms with E-state index in [1.807, 2.05) is 30.0 Å². The molecule has 0 saturated heterocycles. The van der Waals surface area contributed by atoms with Gasteiger partial charge < -0.3 is 4.74 Å². The van der Waals surface area contributed by atoms with Crippen LogP contribution in [0.15, 0.2) is 30.9 Å². The lowest BCUT2D eigenvalue weighted by molar-refractivity contribution is 0.203. The maximum absolute atomic E-state index is 6.12. The van der Waals surface area contributed by atoms with Gasteiger partial charge in [0.2, 0.25) is 5.88 Å². The fourth-order valence-corrected chi connectivity index (χ4v) is 2.84. The van der Waals surface area contributed by atoms with Crippen LogP contribution in [-0.2, 0) is 7.05 Å². The van der Waals surface area contributed by atoms with Gasteiger partial charge in [-0.15, -0.1) is 0 Å². The van der Waals surface area contributed by atoms with E-state index in [-0.39, 0.29) is 6.10 Å². The highest BCUT2D eigenvalue weighted by Gasteiger charge is 2.19. The van der Waals surface area contributed by atoms with Crippen LogP contribution in [-0.4, -0.2) is 30.5 Å². The lowest BCUT2D eigenvalue weighted by Gasteiger charge is -2.13. The topological polar surface area (TPSA) is 57.2 Å². The Kier molecular flexibility index (Phi) is 2.87. The Balaban J connectivity index is 1.78. The lowest BCUT2D eigenvalue weighted by atomic mass is 10.2. The van der Waals surface area contributed by atoms with Crippen LogP contribution >= 0.6 is 0 Å². The minimum atomic E-state index is 0.278. The predicted octanol–water partition coefficient (Wildman–Crippen LogP) is 2.45. The normalized spacial score (nSPS) is 15.9. The molecule has 0 aromatic carbocycles. The van der Waals surface area contributed by atoms with Crippen molar-refractivity contribution in [1.82, 2.24) is 24.4 Å². The first-order chi connectivity index (χ1) is 10.3. The molecule has 4 rings (SSSR count). The number of ether oxygens (including phenoxy) is 1. The van der Waals surface area contributed by atoms with Crippen molar-refractivity contribution in [3.05, 3.63) is 30.9 Å². The zero-order valence-corrected chi connectivity index (χ0v) is 11.9. The number of aryl methyl sites for hydroxylation is 1. The minimum Gasteiger partial charge on any atom is -0.473 e. The summed E-state index contributed by atoms with van der Waals surface area (Å²) in [6.45, 7) is 0. The summed E-state index contributed by atoms with van der Waals surface area (Å²) in [7, 11) is 1.89. The average molecular weight is 283 g/mol. The van der Waals surface area contributed by atoms with Crippen LogP contribution < -0.4 is 4.74 Å². The molecule has 0 spiro atoms. The number of hydrogen-bond donors (Lipinski definition) is 0. The van der Waals surface area contributed by atoms with Gasteiger partial charge in [0.1, 0.15) is 11.6 Å². The van der Waals surface area contributed by atoms with Crippen LogP contribution in [0.2, 0.25) is 0 Å². The van der Waals surface area contributed by atoms with Crippen molar-refractivity contribution < 1.29 is 4.74 Å². The molecule has 108 valence electrons. The molecule has 0 bridgehead atoms. The first kappa shape index (κ1) is 12.4. The van der Waals surface area contributed by atoms with Gasteiger partial charge in [-0.05, 0) is 31.7 Å². The number of rotatable bonds is 3. The molecule has 1 fully saturated rings. The van der Waals surface area contributed by atoms with Gasteiger partial charge >= 0.3 is 0 Å². The quantitative estimate of drug-likeness (QED) is 0.741. The first-order valence-electron chi connectivity index (χ1n) is 7.30. The summed E-state index contributed by atoms with van der Waals surface area (Å²) in [5.74, 6) is 0.667. The van der Waals surface area contributed by atoms with Gasteiger partial charge in [0.15, 0.2) is 0 Å². The van der Waals surface area contributed by atoms with Crippen molar-refractivity contribution in [3.63, 3.8) is 0 Å². The summed E-state index contributed by atoms with van der Waals surface area (Å²) < 4.78 is 9.70. The molecule has 21 heavy (non-hydrogen) atoms. The smallest absolute Gasteiger partial charge is 0.240 e. The molecule has 1 aliphatic carbocycles. The highest BCUT2D eigenvalue weighted by molar-refractivity contribution is 5.63. The fraction of sp³-hybridized carbons (Fsp3) is 0.400. The predicted molar refractivity (Wildman–Crippen MR) is 78.1 cm³/mol. The van der Waals surface area contributed by atoms with Crippen LogP contribution in [0, 0.1) is 0 Å². The van der Waals surface area contributed by atoms with E-state index in [0.717, 1.165) is 29.6 Å². The average Bonchev–Trinajstić information content (AvgIpc) is 3.18. The third-order valence-corrected chi connectivity index (χ3v) is 3.94. The van der Waals surface area contributed by atoms with E-state index >= 15 is 0 Å². The van der Waals surface area contributed by atoms with Gasteiger partial charge in [-0.2, -0.15) is 10.2 Å². The molecular formula is C15H17N5O. The fourth-order valence-electron chi connectivity index (χ4n) is 2.84. The van der Waals surface area contributed by atoms with E-state index in [0.29, 0.717) is 5.88 Å². The molecule has 0 atom stereocenters. The number of nitrogens with zero attached hydrogens (tertiary/aromatic N) is 5. The van der Waals surface area contributed by atoms with E-state index < -0.39 is 0 Å². The summed E-state index contributed by atoms with van der Waals surface area (Å²) >= 11 is 0. The van der Waals surface area contributed by atoms with Gasteiger partial charge in [0.25, 0.3) is 0 Å². The number of aromatic nitrogens is 5. The van der Waals surface area contributed by atoms with Gasteiger partial charge in [-0.25, -0.2) is 9.50 Å². The van der Waals surface area contributed by atoms with Crippen molar-refractivity contribution >= 4 is 5.52 Å². The van der Waals surface area contributed by atoms with Gasteiger partial charge in [0, 0.05) is 18.8 Å². The standard InChI is InChI=1S/C15H17N5O/c1-19-9-11(8-17-19)13-10-20-14(6-7-16-20)15(18-13)21-12-4-2-3-5-12/h6-10,12H,2-5H2,1H3. The van der Waals surface area contributed by atoms with Gasteiger partial charge in [0.05, 0.1) is 24.3 Å². The van der Waals surface area contributed by atoms with Crippen LogP contribution in [0.25, 0.3) is 16.8 Å². The Morgan fingerprint density at radius 3 is 2.81 bits per heavy atom. The lowest BCUT2D eigenvalue weighted by Crippen LogP contribution is -2.13. The zero-order valence-electron chi connectivity index (χ0n) is 11.9. The summed E-state index contributed by atoms with van der Waals surface area (Å²) in [6, 6.07) is 1.93. The SMILES string of the molecule is Cn1cc(-c2cn3nccc3c(OC3CCCC3)n2)cn1. The van der Waals surface area contributed by atoms with E-state index in [1.54, 1.807) is 17.1 Å². The van der Waals surface area contributed by atoms with E-state index in [4.69, 9.17) is 4.74 Å². The van der Waals surface area contributed by atoms with E-state index in [1.165, 1.54) is 12.8 Å². The molecular weight excluding hydrogens is 266 g/mol. The molecule has 1 saturated carbocycles. The molecule has 0 aliphatic heterocycles. The van der Waals surface area contributed by atoms with Crippen molar-refractivity contribution in [2.75, 3.05) is 0 Å². The molecule has 3 aromatic rings. The molecule has 3 aromatic heterocycles. The second-order valence-electron chi connectivity index (χ2n) is 5.52. The summed E-state index contributed by atoms with van der Waals surface area (Å²) in [6.07, 6.45) is 12.4. The highest BCUT2D eigenvalue weighted by Crippen LogP contribution is 2.28. The van der Waals surface area contributed by atoms with Crippen LogP contribution in [0.5, 0.6) is 5.88 Å². The third-order valence-electron chi connectivity index (χ3n) is 3.94. The molecule has 0 amide bonds. The molecule has 6 heteroatoms. The maximum atomic E-state index is 6.12. The molecule has 0 unspecified atom stereocenters. The van der Waals surface area contributed by atoms with Gasteiger partial charge in [-0.3, -0.25) is 4.68 Å². The monoisotopic (exact) mass is 283 g/mol. The first-order valence-corrected chi connectivity index (χ1v) is 7.30. The van der Waals surface area contributed by atoms with Crippen LogP contribution in [0.4, 0.5) is 0 Å². The number of fused-ring (bicyclic) bond motifs is 1. The summed E-state index contributed by atoms with van der Waals surface area (Å²) in [5, 5.41) is 8.52. The second kappa shape index (κ2) is 4.87.